The molecule has 1 atom stereocenters. The van der Waals surface area contributed by atoms with Gasteiger partial charge in [-0.3, -0.25) is 4.90 Å². The zero-order valence-electron chi connectivity index (χ0n) is 13.4. The maximum absolute atomic E-state index is 13.0. The van der Waals surface area contributed by atoms with Crippen molar-refractivity contribution in [2.45, 2.75) is 31.0 Å². The molecule has 0 N–H and O–H groups in total. The summed E-state index contributed by atoms with van der Waals surface area (Å²) in [5, 5.41) is 0.821. The first-order valence-electron chi connectivity index (χ1n) is 8.04. The predicted octanol–water partition coefficient (Wildman–Crippen LogP) is 3.79. The summed E-state index contributed by atoms with van der Waals surface area (Å²) in [5.41, 5.74) is 2.40. The van der Waals surface area contributed by atoms with Crippen LogP contribution < -0.4 is 0 Å². The number of hydrogen-bond acceptors (Lipinski definition) is 4. The van der Waals surface area contributed by atoms with E-state index in [9.17, 15) is 4.39 Å². The van der Waals surface area contributed by atoms with E-state index < -0.39 is 0 Å². The number of likely N-dealkylation sites (tertiary alicyclic amines) is 1. The van der Waals surface area contributed by atoms with Gasteiger partial charge in [-0.15, -0.1) is 0 Å². The highest BCUT2D eigenvalue weighted by molar-refractivity contribution is 7.98. The van der Waals surface area contributed by atoms with Crippen LogP contribution in [0, 0.1) is 11.7 Å². The Kier molecular flexibility index (Phi) is 5.62. The summed E-state index contributed by atoms with van der Waals surface area (Å²) in [4.78, 5) is 11.2. The van der Waals surface area contributed by atoms with Gasteiger partial charge in [-0.2, -0.15) is 0 Å². The summed E-state index contributed by atoms with van der Waals surface area (Å²) in [6.45, 7) is 3.13. The van der Waals surface area contributed by atoms with E-state index in [0.717, 1.165) is 31.2 Å². The van der Waals surface area contributed by atoms with Gasteiger partial charge in [0.05, 0.1) is 0 Å². The van der Waals surface area contributed by atoms with E-state index in [1.165, 1.54) is 24.0 Å². The van der Waals surface area contributed by atoms with Crippen LogP contribution in [0.1, 0.15) is 24.0 Å². The third-order valence-corrected chi connectivity index (χ3v) is 4.89. The monoisotopic (exact) mass is 331 g/mol. The van der Waals surface area contributed by atoms with Crippen molar-refractivity contribution in [2.24, 2.45) is 5.92 Å². The van der Waals surface area contributed by atoms with E-state index in [4.69, 9.17) is 0 Å². The van der Waals surface area contributed by atoms with Gasteiger partial charge in [0.25, 0.3) is 0 Å². The van der Waals surface area contributed by atoms with E-state index in [0.29, 0.717) is 5.92 Å². The number of halogens is 1. The third-order valence-electron chi connectivity index (χ3n) is 4.31. The maximum Gasteiger partial charge on any atom is 0.187 e. The van der Waals surface area contributed by atoms with Gasteiger partial charge in [0.2, 0.25) is 0 Å². The second-order valence-corrected chi connectivity index (χ2v) is 6.93. The lowest BCUT2D eigenvalue weighted by molar-refractivity contribution is 0.166. The van der Waals surface area contributed by atoms with Crippen LogP contribution in [0.2, 0.25) is 0 Å². The summed E-state index contributed by atoms with van der Waals surface area (Å²) in [7, 11) is 0. The van der Waals surface area contributed by atoms with Crippen molar-refractivity contribution in [3.63, 3.8) is 0 Å². The van der Waals surface area contributed by atoms with Gasteiger partial charge in [-0.05, 0) is 55.7 Å². The quantitative estimate of drug-likeness (QED) is 0.616. The van der Waals surface area contributed by atoms with Gasteiger partial charge in [0, 0.05) is 31.0 Å². The highest BCUT2D eigenvalue weighted by Gasteiger charge is 2.20. The number of hydrogen-bond donors (Lipinski definition) is 0. The second-order valence-electron chi connectivity index (χ2n) is 6.15. The normalized spacial score (nSPS) is 19.0. The number of piperidine rings is 1. The lowest BCUT2D eigenvalue weighted by Crippen LogP contribution is -2.35. The lowest BCUT2D eigenvalue weighted by Gasteiger charge is -2.32. The van der Waals surface area contributed by atoms with Crippen molar-refractivity contribution in [1.29, 1.82) is 0 Å². The molecule has 3 rings (SSSR count). The first kappa shape index (κ1) is 16.4. The van der Waals surface area contributed by atoms with Crippen LogP contribution in [0.25, 0.3) is 0 Å². The minimum absolute atomic E-state index is 0.160. The summed E-state index contributed by atoms with van der Waals surface area (Å²) >= 11 is 1.56. The largest absolute Gasteiger partial charge is 0.299 e. The van der Waals surface area contributed by atoms with Crippen molar-refractivity contribution >= 4 is 11.8 Å². The number of thioether (sulfide) groups is 1. The van der Waals surface area contributed by atoms with Crippen LogP contribution in [-0.4, -0.2) is 34.2 Å². The van der Waals surface area contributed by atoms with Crippen LogP contribution in [-0.2, 0) is 13.0 Å². The Morgan fingerprint density at radius 1 is 1.17 bits per heavy atom. The molecule has 1 fully saturated rings. The fraction of sp³-hybridized carbons (Fsp3) is 0.444. The van der Waals surface area contributed by atoms with Gasteiger partial charge in [-0.25, -0.2) is 14.4 Å². The molecule has 0 amide bonds. The molecule has 0 bridgehead atoms. The first-order valence-corrected chi connectivity index (χ1v) is 9.27. The molecule has 23 heavy (non-hydrogen) atoms. The van der Waals surface area contributed by atoms with E-state index >= 15 is 0 Å². The van der Waals surface area contributed by atoms with Crippen LogP contribution in [0.15, 0.2) is 41.8 Å². The van der Waals surface area contributed by atoms with E-state index in [2.05, 4.69) is 14.9 Å². The molecule has 122 valence electrons. The van der Waals surface area contributed by atoms with E-state index in [1.807, 2.05) is 30.8 Å². The molecule has 0 unspecified atom stereocenters. The summed E-state index contributed by atoms with van der Waals surface area (Å²) in [6.07, 6.45) is 9.34. The molecule has 0 aliphatic carbocycles. The van der Waals surface area contributed by atoms with Gasteiger partial charge < -0.3 is 0 Å². The van der Waals surface area contributed by atoms with Gasteiger partial charge in [0.15, 0.2) is 5.16 Å². The highest BCUT2D eigenvalue weighted by Crippen LogP contribution is 2.22. The minimum Gasteiger partial charge on any atom is -0.299 e. The Morgan fingerprint density at radius 2 is 1.91 bits per heavy atom. The lowest BCUT2D eigenvalue weighted by atomic mass is 9.91. The zero-order chi connectivity index (χ0) is 16.1. The average Bonchev–Trinajstić information content (AvgIpc) is 2.58. The average molecular weight is 331 g/mol. The molecule has 1 aromatic carbocycles. The summed E-state index contributed by atoms with van der Waals surface area (Å²) in [6, 6.07) is 6.92. The maximum atomic E-state index is 13.0. The van der Waals surface area contributed by atoms with E-state index in [1.54, 1.807) is 23.9 Å². The van der Waals surface area contributed by atoms with Crippen LogP contribution in [0.3, 0.4) is 0 Å². The van der Waals surface area contributed by atoms with Gasteiger partial charge >= 0.3 is 0 Å². The highest BCUT2D eigenvalue weighted by atomic mass is 32.2. The minimum atomic E-state index is -0.160. The van der Waals surface area contributed by atoms with E-state index in [-0.39, 0.29) is 5.82 Å². The number of rotatable bonds is 5. The molecule has 5 heteroatoms. The Bertz CT molecular complexity index is 615. The molecule has 1 aromatic heterocycles. The van der Waals surface area contributed by atoms with Crippen LogP contribution >= 0.6 is 11.8 Å². The number of aromatic nitrogens is 2. The fourth-order valence-electron chi connectivity index (χ4n) is 3.20. The van der Waals surface area contributed by atoms with Gasteiger partial charge in [0.1, 0.15) is 5.82 Å². The van der Waals surface area contributed by atoms with Crippen molar-refractivity contribution in [3.8, 4) is 0 Å². The Balaban J connectivity index is 1.55. The first-order chi connectivity index (χ1) is 11.2. The number of nitrogens with zero attached hydrogens (tertiary/aromatic N) is 3. The fourth-order valence-corrected chi connectivity index (χ4v) is 3.52. The molecule has 1 aliphatic rings. The molecule has 3 nitrogen and oxygen atoms in total. The smallest absolute Gasteiger partial charge is 0.187 e. The molecular weight excluding hydrogens is 309 g/mol. The molecular formula is C18H22FN3S. The second kappa shape index (κ2) is 7.88. The van der Waals surface area contributed by atoms with Crippen molar-refractivity contribution < 1.29 is 4.39 Å². The predicted molar refractivity (Wildman–Crippen MR) is 91.9 cm³/mol. The molecule has 2 heterocycles. The molecule has 0 spiro atoms. The number of benzene rings is 1. The molecule has 0 saturated carbocycles. The Hall–Kier alpha value is -1.46. The summed E-state index contributed by atoms with van der Waals surface area (Å²) in [5.74, 6) is 0.480. The zero-order valence-corrected chi connectivity index (χ0v) is 14.2. The van der Waals surface area contributed by atoms with Crippen molar-refractivity contribution in [1.82, 2.24) is 14.9 Å². The Morgan fingerprint density at radius 3 is 2.61 bits per heavy atom. The van der Waals surface area contributed by atoms with Crippen LogP contribution in [0.4, 0.5) is 4.39 Å². The van der Waals surface area contributed by atoms with Crippen molar-refractivity contribution in [3.05, 3.63) is 53.6 Å². The summed E-state index contributed by atoms with van der Waals surface area (Å²) < 4.78 is 13.0. The van der Waals surface area contributed by atoms with Crippen molar-refractivity contribution in [2.75, 3.05) is 19.3 Å². The van der Waals surface area contributed by atoms with Gasteiger partial charge in [-0.1, -0.05) is 23.9 Å². The van der Waals surface area contributed by atoms with Crippen LogP contribution in [0.5, 0.6) is 0 Å². The molecule has 1 saturated heterocycles. The molecule has 2 aromatic rings. The third kappa shape index (κ3) is 4.75. The topological polar surface area (TPSA) is 29.0 Å². The molecule has 1 aliphatic heterocycles. The standard InChI is InChI=1S/C18H22FN3S/c1-23-18-20-10-16(11-21-18)13-22-8-2-3-15(12-22)9-14-4-6-17(19)7-5-14/h4-7,10-11,15H,2-3,8-9,12-13H2,1H3/t15-/m1/s1. The molecule has 0 radical (unpaired) electrons. The SMILES string of the molecule is CSc1ncc(CN2CCC[C@H](Cc3ccc(F)cc3)C2)cn1. The Labute approximate surface area is 141 Å².